The SMILES string of the molecule is CC(NC1CCNC1)c1cc(F)ccc1F. The Bertz CT molecular complexity index is 362. The van der Waals surface area contributed by atoms with E-state index in [1.165, 1.54) is 12.1 Å². The summed E-state index contributed by atoms with van der Waals surface area (Å²) in [5.74, 6) is -0.748. The van der Waals surface area contributed by atoms with Gasteiger partial charge in [0.15, 0.2) is 0 Å². The van der Waals surface area contributed by atoms with E-state index < -0.39 is 5.82 Å². The summed E-state index contributed by atoms with van der Waals surface area (Å²) >= 11 is 0. The summed E-state index contributed by atoms with van der Waals surface area (Å²) in [6, 6.07) is 3.76. The Balaban J connectivity index is 2.07. The summed E-state index contributed by atoms with van der Waals surface area (Å²) in [4.78, 5) is 0. The highest BCUT2D eigenvalue weighted by Crippen LogP contribution is 2.19. The lowest BCUT2D eigenvalue weighted by molar-refractivity contribution is 0.458. The van der Waals surface area contributed by atoms with Crippen molar-refractivity contribution in [3.8, 4) is 0 Å². The Morgan fingerprint density at radius 1 is 1.44 bits per heavy atom. The van der Waals surface area contributed by atoms with Gasteiger partial charge in [-0.2, -0.15) is 0 Å². The third kappa shape index (κ3) is 2.57. The fraction of sp³-hybridized carbons (Fsp3) is 0.500. The topological polar surface area (TPSA) is 24.1 Å². The van der Waals surface area contributed by atoms with Crippen molar-refractivity contribution in [3.63, 3.8) is 0 Å². The van der Waals surface area contributed by atoms with Gasteiger partial charge in [0.1, 0.15) is 11.6 Å². The average molecular weight is 226 g/mol. The van der Waals surface area contributed by atoms with Crippen molar-refractivity contribution in [1.82, 2.24) is 10.6 Å². The zero-order chi connectivity index (χ0) is 11.5. The maximum atomic E-state index is 13.5. The van der Waals surface area contributed by atoms with E-state index >= 15 is 0 Å². The molecule has 0 aromatic heterocycles. The minimum atomic E-state index is -0.394. The number of halogens is 2. The van der Waals surface area contributed by atoms with Crippen LogP contribution in [0.3, 0.4) is 0 Å². The minimum absolute atomic E-state index is 0.166. The lowest BCUT2D eigenvalue weighted by Crippen LogP contribution is -2.33. The van der Waals surface area contributed by atoms with E-state index in [1.54, 1.807) is 0 Å². The van der Waals surface area contributed by atoms with Crippen LogP contribution in [0.15, 0.2) is 18.2 Å². The zero-order valence-corrected chi connectivity index (χ0v) is 9.26. The van der Waals surface area contributed by atoms with Crippen LogP contribution in [0, 0.1) is 11.6 Å². The van der Waals surface area contributed by atoms with Crippen LogP contribution in [0.2, 0.25) is 0 Å². The van der Waals surface area contributed by atoms with Gasteiger partial charge in [-0.1, -0.05) is 0 Å². The molecule has 4 heteroatoms. The van der Waals surface area contributed by atoms with Crippen molar-refractivity contribution < 1.29 is 8.78 Å². The number of hydrogen-bond donors (Lipinski definition) is 2. The van der Waals surface area contributed by atoms with Crippen LogP contribution in [-0.2, 0) is 0 Å². The standard InChI is InChI=1S/C12H16F2N2/c1-8(16-10-4-5-15-7-10)11-6-9(13)2-3-12(11)14/h2-3,6,8,10,15-16H,4-5,7H2,1H3. The van der Waals surface area contributed by atoms with Gasteiger partial charge < -0.3 is 10.6 Å². The van der Waals surface area contributed by atoms with Crippen LogP contribution in [0.4, 0.5) is 8.78 Å². The van der Waals surface area contributed by atoms with Crippen LogP contribution >= 0.6 is 0 Å². The number of nitrogens with one attached hydrogen (secondary N) is 2. The van der Waals surface area contributed by atoms with Crippen molar-refractivity contribution in [2.75, 3.05) is 13.1 Å². The smallest absolute Gasteiger partial charge is 0.128 e. The molecule has 0 amide bonds. The largest absolute Gasteiger partial charge is 0.315 e. The van der Waals surface area contributed by atoms with Gasteiger partial charge in [0.2, 0.25) is 0 Å². The van der Waals surface area contributed by atoms with Crippen LogP contribution in [0.5, 0.6) is 0 Å². The third-order valence-electron chi connectivity index (χ3n) is 2.97. The van der Waals surface area contributed by atoms with Gasteiger partial charge in [-0.15, -0.1) is 0 Å². The fourth-order valence-electron chi connectivity index (χ4n) is 2.09. The molecule has 1 aromatic carbocycles. The van der Waals surface area contributed by atoms with Gasteiger partial charge in [0.05, 0.1) is 0 Å². The van der Waals surface area contributed by atoms with Crippen LogP contribution < -0.4 is 10.6 Å². The molecule has 0 saturated carbocycles. The molecule has 1 aliphatic heterocycles. The third-order valence-corrected chi connectivity index (χ3v) is 2.97. The molecule has 2 nitrogen and oxygen atoms in total. The van der Waals surface area contributed by atoms with E-state index in [2.05, 4.69) is 10.6 Å². The first-order chi connectivity index (χ1) is 7.66. The second-order valence-corrected chi connectivity index (χ2v) is 4.24. The molecule has 1 fully saturated rings. The predicted molar refractivity (Wildman–Crippen MR) is 59.2 cm³/mol. The first kappa shape index (κ1) is 11.5. The Hall–Kier alpha value is -1.00. The van der Waals surface area contributed by atoms with E-state index in [0.29, 0.717) is 11.6 Å². The summed E-state index contributed by atoms with van der Waals surface area (Å²) in [5.41, 5.74) is 0.395. The van der Waals surface area contributed by atoms with Gasteiger partial charge in [-0.05, 0) is 38.1 Å². The quantitative estimate of drug-likeness (QED) is 0.823. The molecule has 88 valence electrons. The van der Waals surface area contributed by atoms with E-state index in [-0.39, 0.29) is 11.9 Å². The van der Waals surface area contributed by atoms with E-state index in [4.69, 9.17) is 0 Å². The highest BCUT2D eigenvalue weighted by atomic mass is 19.1. The molecular weight excluding hydrogens is 210 g/mol. The van der Waals surface area contributed by atoms with Crippen LogP contribution in [0.1, 0.15) is 24.9 Å². The van der Waals surface area contributed by atoms with Crippen molar-refractivity contribution in [1.29, 1.82) is 0 Å². The summed E-state index contributed by atoms with van der Waals surface area (Å²) in [7, 11) is 0. The van der Waals surface area contributed by atoms with Gasteiger partial charge in [-0.25, -0.2) is 8.78 Å². The molecule has 2 rings (SSSR count). The highest BCUT2D eigenvalue weighted by Gasteiger charge is 2.19. The van der Waals surface area contributed by atoms with Gasteiger partial charge in [0.25, 0.3) is 0 Å². The highest BCUT2D eigenvalue weighted by molar-refractivity contribution is 5.22. The number of benzene rings is 1. The van der Waals surface area contributed by atoms with E-state index in [1.807, 2.05) is 6.92 Å². The van der Waals surface area contributed by atoms with Crippen LogP contribution in [0.25, 0.3) is 0 Å². The molecular formula is C12H16F2N2. The van der Waals surface area contributed by atoms with Gasteiger partial charge in [0, 0.05) is 24.2 Å². The summed E-state index contributed by atoms with van der Waals surface area (Å²) in [5, 5.41) is 6.52. The molecule has 0 spiro atoms. The second-order valence-electron chi connectivity index (χ2n) is 4.24. The Kier molecular flexibility index (Phi) is 3.51. The summed E-state index contributed by atoms with van der Waals surface area (Å²) < 4.78 is 26.5. The minimum Gasteiger partial charge on any atom is -0.315 e. The molecule has 2 unspecified atom stereocenters. The first-order valence-corrected chi connectivity index (χ1v) is 5.58. The number of hydrogen-bond acceptors (Lipinski definition) is 2. The van der Waals surface area contributed by atoms with Crippen LogP contribution in [-0.4, -0.2) is 19.1 Å². The Morgan fingerprint density at radius 3 is 2.94 bits per heavy atom. The van der Waals surface area contributed by atoms with Crippen molar-refractivity contribution >= 4 is 0 Å². The van der Waals surface area contributed by atoms with Crippen molar-refractivity contribution in [2.45, 2.75) is 25.4 Å². The van der Waals surface area contributed by atoms with Gasteiger partial charge >= 0.3 is 0 Å². The monoisotopic (exact) mass is 226 g/mol. The fourth-order valence-corrected chi connectivity index (χ4v) is 2.09. The molecule has 1 aliphatic rings. The molecule has 2 atom stereocenters. The average Bonchev–Trinajstić information content (AvgIpc) is 2.74. The Labute approximate surface area is 94.0 Å². The lowest BCUT2D eigenvalue weighted by Gasteiger charge is -2.19. The summed E-state index contributed by atoms with van der Waals surface area (Å²) in [6.07, 6.45) is 1.03. The molecule has 0 aliphatic carbocycles. The molecule has 0 bridgehead atoms. The predicted octanol–water partition coefficient (Wildman–Crippen LogP) is 1.98. The van der Waals surface area contributed by atoms with Gasteiger partial charge in [-0.3, -0.25) is 0 Å². The maximum Gasteiger partial charge on any atom is 0.128 e. The maximum absolute atomic E-state index is 13.5. The molecule has 1 heterocycles. The molecule has 1 saturated heterocycles. The Morgan fingerprint density at radius 2 is 2.25 bits per heavy atom. The van der Waals surface area contributed by atoms with Crippen molar-refractivity contribution in [2.24, 2.45) is 0 Å². The lowest BCUT2D eigenvalue weighted by atomic mass is 10.1. The van der Waals surface area contributed by atoms with E-state index in [0.717, 1.165) is 25.6 Å². The first-order valence-electron chi connectivity index (χ1n) is 5.58. The summed E-state index contributed by atoms with van der Waals surface area (Å²) in [6.45, 7) is 3.73. The molecule has 16 heavy (non-hydrogen) atoms. The molecule has 0 radical (unpaired) electrons. The zero-order valence-electron chi connectivity index (χ0n) is 9.26. The number of rotatable bonds is 3. The second kappa shape index (κ2) is 4.89. The van der Waals surface area contributed by atoms with Crippen molar-refractivity contribution in [3.05, 3.63) is 35.4 Å². The normalized spacial score (nSPS) is 22.3. The molecule has 1 aromatic rings. The molecule has 2 N–H and O–H groups in total. The van der Waals surface area contributed by atoms with E-state index in [9.17, 15) is 8.78 Å².